The summed E-state index contributed by atoms with van der Waals surface area (Å²) in [4.78, 5) is 18.4. The lowest BCUT2D eigenvalue weighted by Gasteiger charge is -2.31. The van der Waals surface area contributed by atoms with Crippen molar-refractivity contribution in [2.45, 2.75) is 25.9 Å². The van der Waals surface area contributed by atoms with Crippen molar-refractivity contribution >= 4 is 27.6 Å². The third-order valence-corrected chi connectivity index (χ3v) is 5.09. The minimum atomic E-state index is -0.0267. The molecule has 1 N–H and O–H groups in total. The zero-order valence-corrected chi connectivity index (χ0v) is 14.9. The Labute approximate surface area is 145 Å². The minimum absolute atomic E-state index is 0.0267. The average molecular weight is 349 g/mol. The second kappa shape index (κ2) is 7.81. The maximum Gasteiger partial charge on any atom is 0.317 e. The number of fused-ring (bicyclic) bond motifs is 1. The van der Waals surface area contributed by atoms with Crippen molar-refractivity contribution in [2.24, 2.45) is 0 Å². The first-order valence-electron chi connectivity index (χ1n) is 8.22. The lowest BCUT2D eigenvalue weighted by Crippen LogP contribution is -2.47. The van der Waals surface area contributed by atoms with Crippen LogP contribution in [0, 0.1) is 6.92 Å². The van der Waals surface area contributed by atoms with Crippen molar-refractivity contribution in [3.63, 3.8) is 0 Å². The first-order chi connectivity index (χ1) is 11.7. The molecule has 0 aliphatic carbocycles. The molecule has 7 heteroatoms. The summed E-state index contributed by atoms with van der Waals surface area (Å²) in [6, 6.07) is 6.15. The molecule has 0 unspecified atom stereocenters. The number of urea groups is 1. The second-order valence-electron chi connectivity index (χ2n) is 5.93. The third kappa shape index (κ3) is 3.96. The Bertz CT molecular complexity index is 695. The lowest BCUT2D eigenvalue weighted by molar-refractivity contribution is 0.109. The van der Waals surface area contributed by atoms with Gasteiger partial charge in [0.1, 0.15) is 6.10 Å². The number of ether oxygens (including phenoxy) is 2. The van der Waals surface area contributed by atoms with E-state index in [-0.39, 0.29) is 12.1 Å². The number of likely N-dealkylation sites (tertiary alicyclic amines) is 1. The van der Waals surface area contributed by atoms with Crippen LogP contribution in [0.15, 0.2) is 18.2 Å². The molecule has 1 saturated heterocycles. The molecule has 2 heterocycles. The number of hydrogen-bond acceptors (Lipinski definition) is 5. The molecule has 1 fully saturated rings. The molecule has 0 bridgehead atoms. The maximum atomic E-state index is 12.0. The number of hydrogen-bond donors (Lipinski definition) is 1. The fourth-order valence-corrected chi connectivity index (χ4v) is 3.77. The van der Waals surface area contributed by atoms with Crippen LogP contribution in [0.3, 0.4) is 0 Å². The van der Waals surface area contributed by atoms with Crippen LogP contribution >= 0.6 is 11.3 Å². The largest absolute Gasteiger partial charge is 0.467 e. The number of para-hydroxylation sites is 1. The molecule has 2 amide bonds. The summed E-state index contributed by atoms with van der Waals surface area (Å²) >= 11 is 1.59. The normalized spacial score (nSPS) is 15.7. The predicted molar refractivity (Wildman–Crippen MR) is 94.9 cm³/mol. The Morgan fingerprint density at radius 2 is 2.21 bits per heavy atom. The summed E-state index contributed by atoms with van der Waals surface area (Å²) in [5.74, 6) is 0. The van der Waals surface area contributed by atoms with E-state index in [1.165, 1.54) is 5.56 Å². The van der Waals surface area contributed by atoms with Crippen molar-refractivity contribution in [1.29, 1.82) is 0 Å². The number of benzene rings is 1. The van der Waals surface area contributed by atoms with Crippen molar-refractivity contribution in [2.75, 3.05) is 33.4 Å². The molecule has 2 aromatic rings. The van der Waals surface area contributed by atoms with E-state index in [2.05, 4.69) is 29.4 Å². The highest BCUT2D eigenvalue weighted by molar-refractivity contribution is 7.20. The first-order valence-corrected chi connectivity index (χ1v) is 9.03. The molecular weight excluding hydrogens is 326 g/mol. The smallest absolute Gasteiger partial charge is 0.317 e. The molecule has 6 nitrogen and oxygen atoms in total. The standard InChI is InChI=1S/C17H23N3O3S/c1-12-4-3-5-14-15(12)19-17(24-14)23-13-6-9-20(10-7-13)16(21)18-8-11-22-2/h3-5,13H,6-11H2,1-2H3,(H,18,21). The van der Waals surface area contributed by atoms with Gasteiger partial charge in [0.25, 0.3) is 5.19 Å². The molecule has 3 rings (SSSR count). The van der Waals surface area contributed by atoms with Crippen LogP contribution in [0.2, 0.25) is 0 Å². The summed E-state index contributed by atoms with van der Waals surface area (Å²) in [7, 11) is 1.62. The SMILES string of the molecule is COCCNC(=O)N1CCC(Oc2nc3c(C)cccc3s2)CC1. The van der Waals surface area contributed by atoms with Crippen molar-refractivity contribution in [1.82, 2.24) is 15.2 Å². The highest BCUT2D eigenvalue weighted by atomic mass is 32.1. The highest BCUT2D eigenvalue weighted by Crippen LogP contribution is 2.31. The first kappa shape index (κ1) is 17.0. The van der Waals surface area contributed by atoms with E-state index in [1.807, 2.05) is 11.0 Å². The molecule has 1 aromatic carbocycles. The molecule has 1 aromatic heterocycles. The van der Waals surface area contributed by atoms with E-state index in [4.69, 9.17) is 9.47 Å². The van der Waals surface area contributed by atoms with Crippen LogP contribution < -0.4 is 10.1 Å². The van der Waals surface area contributed by atoms with Crippen LogP contribution in [-0.2, 0) is 4.74 Å². The summed E-state index contributed by atoms with van der Waals surface area (Å²) < 4.78 is 12.1. The fraction of sp³-hybridized carbons (Fsp3) is 0.529. The Morgan fingerprint density at radius 3 is 2.92 bits per heavy atom. The van der Waals surface area contributed by atoms with E-state index in [1.54, 1.807) is 18.4 Å². The van der Waals surface area contributed by atoms with Gasteiger partial charge in [-0.1, -0.05) is 23.5 Å². The summed E-state index contributed by atoms with van der Waals surface area (Å²) in [5, 5.41) is 3.58. The number of carbonyl (C=O) groups excluding carboxylic acids is 1. The quantitative estimate of drug-likeness (QED) is 0.843. The van der Waals surface area contributed by atoms with Crippen LogP contribution in [0.25, 0.3) is 10.2 Å². The number of aromatic nitrogens is 1. The van der Waals surface area contributed by atoms with Gasteiger partial charge in [-0.3, -0.25) is 0 Å². The van der Waals surface area contributed by atoms with Crippen molar-refractivity contribution < 1.29 is 14.3 Å². The monoisotopic (exact) mass is 349 g/mol. The summed E-state index contributed by atoms with van der Waals surface area (Å²) in [5.41, 5.74) is 2.19. The summed E-state index contributed by atoms with van der Waals surface area (Å²) in [6.07, 6.45) is 1.77. The molecule has 24 heavy (non-hydrogen) atoms. The van der Waals surface area contributed by atoms with Crippen LogP contribution in [0.4, 0.5) is 4.79 Å². The Hall–Kier alpha value is -1.86. The predicted octanol–water partition coefficient (Wildman–Crippen LogP) is 2.80. The number of thiazole rings is 1. The maximum absolute atomic E-state index is 12.0. The van der Waals surface area contributed by atoms with Gasteiger partial charge in [0.05, 0.1) is 16.8 Å². The molecule has 1 aliphatic rings. The zero-order chi connectivity index (χ0) is 16.9. The number of methoxy groups -OCH3 is 1. The molecule has 130 valence electrons. The number of nitrogens with zero attached hydrogens (tertiary/aromatic N) is 2. The van der Waals surface area contributed by atoms with Gasteiger partial charge in [0.15, 0.2) is 0 Å². The van der Waals surface area contributed by atoms with Crippen molar-refractivity contribution in [3.05, 3.63) is 23.8 Å². The van der Waals surface area contributed by atoms with Gasteiger partial charge in [-0.25, -0.2) is 9.78 Å². The second-order valence-corrected chi connectivity index (χ2v) is 6.92. The van der Waals surface area contributed by atoms with Gasteiger partial charge in [-0.2, -0.15) is 0 Å². The number of nitrogens with one attached hydrogen (secondary N) is 1. The van der Waals surface area contributed by atoms with Crippen LogP contribution in [0.5, 0.6) is 5.19 Å². The van der Waals surface area contributed by atoms with Gasteiger partial charge < -0.3 is 19.7 Å². The van der Waals surface area contributed by atoms with Gasteiger partial charge in [-0.05, 0) is 18.6 Å². The molecule has 1 aliphatic heterocycles. The number of amides is 2. The molecule has 0 atom stereocenters. The van der Waals surface area contributed by atoms with E-state index >= 15 is 0 Å². The minimum Gasteiger partial charge on any atom is -0.467 e. The Morgan fingerprint density at radius 1 is 1.42 bits per heavy atom. The average Bonchev–Trinajstić information content (AvgIpc) is 2.99. The fourth-order valence-electron chi connectivity index (χ4n) is 2.81. The number of rotatable bonds is 5. The highest BCUT2D eigenvalue weighted by Gasteiger charge is 2.24. The topological polar surface area (TPSA) is 63.7 Å². The van der Waals surface area contributed by atoms with E-state index < -0.39 is 0 Å². The van der Waals surface area contributed by atoms with E-state index in [9.17, 15) is 4.79 Å². The van der Waals surface area contributed by atoms with Gasteiger partial charge in [0.2, 0.25) is 0 Å². The van der Waals surface area contributed by atoms with Gasteiger partial charge in [0, 0.05) is 39.6 Å². The van der Waals surface area contributed by atoms with E-state index in [0.29, 0.717) is 26.2 Å². The number of carbonyl (C=O) groups is 1. The van der Waals surface area contributed by atoms with Crippen LogP contribution in [0.1, 0.15) is 18.4 Å². The molecule has 0 spiro atoms. The van der Waals surface area contributed by atoms with Gasteiger partial charge in [-0.15, -0.1) is 0 Å². The van der Waals surface area contributed by atoms with Gasteiger partial charge >= 0.3 is 6.03 Å². The summed E-state index contributed by atoms with van der Waals surface area (Å²) in [6.45, 7) is 4.53. The van der Waals surface area contributed by atoms with Crippen molar-refractivity contribution in [3.8, 4) is 5.19 Å². The molecule has 0 saturated carbocycles. The Balaban J connectivity index is 1.51. The van der Waals surface area contributed by atoms with Crippen LogP contribution in [-0.4, -0.2) is 55.4 Å². The molecular formula is C17H23N3O3S. The lowest BCUT2D eigenvalue weighted by atomic mass is 10.1. The number of aryl methyl sites for hydroxylation is 1. The molecule has 0 radical (unpaired) electrons. The zero-order valence-electron chi connectivity index (χ0n) is 14.1. The Kier molecular flexibility index (Phi) is 5.52. The van der Waals surface area contributed by atoms with E-state index in [0.717, 1.165) is 28.3 Å². The third-order valence-electron chi connectivity index (χ3n) is 4.18. The number of piperidine rings is 1.